The topological polar surface area (TPSA) is 56.7 Å². The number of nitrogens with zero attached hydrogens (tertiary/aromatic N) is 1. The molecule has 0 saturated carbocycles. The van der Waals surface area contributed by atoms with Crippen molar-refractivity contribution in [2.75, 3.05) is 20.3 Å². The standard InChI is InChI=1S/C9H19N3O/c1-7-8(12-6-13)3-4-11-9(7)5-10-2/h5,7-9,11-13H,3-4,6H2,1-2H3. The second kappa shape index (κ2) is 5.32. The van der Waals surface area contributed by atoms with Crippen LogP contribution < -0.4 is 10.6 Å². The lowest BCUT2D eigenvalue weighted by Crippen LogP contribution is -2.53. The van der Waals surface area contributed by atoms with Crippen molar-refractivity contribution in [3.05, 3.63) is 0 Å². The molecule has 1 fully saturated rings. The van der Waals surface area contributed by atoms with E-state index in [1.807, 2.05) is 6.21 Å². The Bertz CT molecular complexity index is 170. The Hall–Kier alpha value is -0.450. The molecule has 3 unspecified atom stereocenters. The van der Waals surface area contributed by atoms with Gasteiger partial charge in [0.15, 0.2) is 0 Å². The Balaban J connectivity index is 2.49. The zero-order valence-corrected chi connectivity index (χ0v) is 8.33. The van der Waals surface area contributed by atoms with E-state index in [0.717, 1.165) is 13.0 Å². The van der Waals surface area contributed by atoms with Gasteiger partial charge < -0.3 is 10.4 Å². The number of nitrogens with one attached hydrogen (secondary N) is 2. The number of piperidine rings is 1. The van der Waals surface area contributed by atoms with Gasteiger partial charge in [-0.05, 0) is 18.9 Å². The molecule has 4 nitrogen and oxygen atoms in total. The first-order valence-corrected chi connectivity index (χ1v) is 4.79. The lowest BCUT2D eigenvalue weighted by molar-refractivity contribution is 0.189. The second-order valence-electron chi connectivity index (χ2n) is 3.50. The van der Waals surface area contributed by atoms with Gasteiger partial charge in [-0.3, -0.25) is 10.3 Å². The molecule has 1 saturated heterocycles. The van der Waals surface area contributed by atoms with Crippen LogP contribution in [0.1, 0.15) is 13.3 Å². The molecule has 0 aromatic rings. The van der Waals surface area contributed by atoms with Gasteiger partial charge in [-0.2, -0.15) is 0 Å². The summed E-state index contributed by atoms with van der Waals surface area (Å²) in [5, 5.41) is 15.3. The molecular formula is C9H19N3O. The Kier molecular flexibility index (Phi) is 4.35. The summed E-state index contributed by atoms with van der Waals surface area (Å²) in [5.41, 5.74) is 0. The molecule has 0 radical (unpaired) electrons. The first-order chi connectivity index (χ1) is 6.29. The zero-order chi connectivity index (χ0) is 9.68. The van der Waals surface area contributed by atoms with Gasteiger partial charge in [0.2, 0.25) is 0 Å². The van der Waals surface area contributed by atoms with Gasteiger partial charge in [-0.1, -0.05) is 6.92 Å². The van der Waals surface area contributed by atoms with Crippen molar-refractivity contribution in [1.82, 2.24) is 10.6 Å². The summed E-state index contributed by atoms with van der Waals surface area (Å²) >= 11 is 0. The van der Waals surface area contributed by atoms with Crippen LogP contribution in [0, 0.1) is 5.92 Å². The molecule has 76 valence electrons. The molecule has 4 heteroatoms. The number of hydrogen-bond acceptors (Lipinski definition) is 4. The summed E-state index contributed by atoms with van der Waals surface area (Å²) in [6, 6.07) is 0.733. The highest BCUT2D eigenvalue weighted by Gasteiger charge is 2.27. The van der Waals surface area contributed by atoms with Crippen molar-refractivity contribution in [2.24, 2.45) is 10.9 Å². The van der Waals surface area contributed by atoms with Crippen LogP contribution >= 0.6 is 0 Å². The van der Waals surface area contributed by atoms with E-state index >= 15 is 0 Å². The predicted octanol–water partition coefficient (Wildman–Crippen LogP) is -0.407. The molecule has 1 rings (SSSR count). The Morgan fingerprint density at radius 2 is 2.46 bits per heavy atom. The maximum atomic E-state index is 8.79. The molecule has 0 bridgehead atoms. The minimum absolute atomic E-state index is 0.0605. The van der Waals surface area contributed by atoms with Crippen LogP contribution in [-0.4, -0.2) is 43.7 Å². The van der Waals surface area contributed by atoms with Gasteiger partial charge in [-0.25, -0.2) is 0 Å². The maximum absolute atomic E-state index is 8.79. The van der Waals surface area contributed by atoms with E-state index in [-0.39, 0.29) is 6.73 Å². The van der Waals surface area contributed by atoms with Crippen molar-refractivity contribution < 1.29 is 5.11 Å². The number of aliphatic imine (C=N–C) groups is 1. The van der Waals surface area contributed by atoms with Crippen LogP contribution in [0.4, 0.5) is 0 Å². The van der Waals surface area contributed by atoms with Crippen LogP contribution in [-0.2, 0) is 0 Å². The highest BCUT2D eigenvalue weighted by atomic mass is 16.3. The van der Waals surface area contributed by atoms with E-state index in [0.29, 0.717) is 18.0 Å². The van der Waals surface area contributed by atoms with E-state index in [1.165, 1.54) is 0 Å². The summed E-state index contributed by atoms with van der Waals surface area (Å²) in [5.74, 6) is 0.476. The summed E-state index contributed by atoms with van der Waals surface area (Å²) < 4.78 is 0. The summed E-state index contributed by atoms with van der Waals surface area (Å²) in [6.45, 7) is 3.22. The molecule has 0 aromatic heterocycles. The zero-order valence-electron chi connectivity index (χ0n) is 8.33. The van der Waals surface area contributed by atoms with Gasteiger partial charge in [0.1, 0.15) is 0 Å². The van der Waals surface area contributed by atoms with Gasteiger partial charge in [0, 0.05) is 25.3 Å². The third-order valence-electron chi connectivity index (χ3n) is 2.70. The smallest absolute Gasteiger partial charge is 0.0933 e. The predicted molar refractivity (Wildman–Crippen MR) is 54.0 cm³/mol. The first kappa shape index (κ1) is 10.6. The van der Waals surface area contributed by atoms with Crippen LogP contribution in [0.5, 0.6) is 0 Å². The molecule has 1 aliphatic rings. The van der Waals surface area contributed by atoms with E-state index in [1.54, 1.807) is 7.05 Å². The number of aliphatic hydroxyl groups excluding tert-OH is 1. The minimum atomic E-state index is 0.0605. The number of hydrogen-bond donors (Lipinski definition) is 3. The van der Waals surface area contributed by atoms with Crippen molar-refractivity contribution in [3.63, 3.8) is 0 Å². The van der Waals surface area contributed by atoms with E-state index in [4.69, 9.17) is 5.11 Å². The maximum Gasteiger partial charge on any atom is 0.0933 e. The van der Waals surface area contributed by atoms with Crippen molar-refractivity contribution in [2.45, 2.75) is 25.4 Å². The lowest BCUT2D eigenvalue weighted by atomic mass is 9.88. The second-order valence-corrected chi connectivity index (χ2v) is 3.50. The Labute approximate surface area is 79.4 Å². The largest absolute Gasteiger partial charge is 0.381 e. The fourth-order valence-electron chi connectivity index (χ4n) is 1.86. The van der Waals surface area contributed by atoms with Gasteiger partial charge in [0.25, 0.3) is 0 Å². The molecule has 0 aromatic carbocycles. The van der Waals surface area contributed by atoms with Crippen molar-refractivity contribution in [1.29, 1.82) is 0 Å². The van der Waals surface area contributed by atoms with Crippen molar-refractivity contribution in [3.8, 4) is 0 Å². The van der Waals surface area contributed by atoms with E-state index in [2.05, 4.69) is 22.5 Å². The third kappa shape index (κ3) is 2.76. The molecule has 0 spiro atoms. The molecule has 1 heterocycles. The third-order valence-corrected chi connectivity index (χ3v) is 2.70. The molecule has 0 aliphatic carbocycles. The fourth-order valence-corrected chi connectivity index (χ4v) is 1.86. The molecule has 3 N–H and O–H groups in total. The number of aliphatic hydroxyl groups is 1. The molecule has 0 amide bonds. The minimum Gasteiger partial charge on any atom is -0.381 e. The summed E-state index contributed by atoms with van der Waals surface area (Å²) in [7, 11) is 1.79. The Morgan fingerprint density at radius 1 is 1.69 bits per heavy atom. The normalized spacial score (nSPS) is 35.5. The van der Waals surface area contributed by atoms with Crippen LogP contribution in [0.25, 0.3) is 0 Å². The highest BCUT2D eigenvalue weighted by molar-refractivity contribution is 5.65. The van der Waals surface area contributed by atoms with Crippen LogP contribution in [0.2, 0.25) is 0 Å². The SMILES string of the molecule is CN=CC1NCCC(NCO)C1C. The van der Waals surface area contributed by atoms with Crippen molar-refractivity contribution >= 4 is 6.21 Å². The monoisotopic (exact) mass is 185 g/mol. The first-order valence-electron chi connectivity index (χ1n) is 4.79. The average molecular weight is 185 g/mol. The van der Waals surface area contributed by atoms with Crippen LogP contribution in [0.3, 0.4) is 0 Å². The average Bonchev–Trinajstić information content (AvgIpc) is 2.13. The van der Waals surface area contributed by atoms with Crippen LogP contribution in [0.15, 0.2) is 4.99 Å². The lowest BCUT2D eigenvalue weighted by Gasteiger charge is -2.35. The highest BCUT2D eigenvalue weighted by Crippen LogP contribution is 2.15. The summed E-state index contributed by atoms with van der Waals surface area (Å²) in [6.07, 6.45) is 3.01. The van der Waals surface area contributed by atoms with E-state index in [9.17, 15) is 0 Å². The van der Waals surface area contributed by atoms with Gasteiger partial charge >= 0.3 is 0 Å². The van der Waals surface area contributed by atoms with Gasteiger partial charge in [0.05, 0.1) is 6.73 Å². The summed E-state index contributed by atoms with van der Waals surface area (Å²) in [4.78, 5) is 4.03. The quantitative estimate of drug-likeness (QED) is 0.414. The molecular weight excluding hydrogens is 166 g/mol. The fraction of sp³-hybridized carbons (Fsp3) is 0.889. The molecule has 3 atom stereocenters. The van der Waals surface area contributed by atoms with E-state index < -0.39 is 0 Å². The Morgan fingerprint density at radius 3 is 3.08 bits per heavy atom. The number of rotatable bonds is 3. The van der Waals surface area contributed by atoms with Gasteiger partial charge in [-0.15, -0.1) is 0 Å². The molecule has 1 aliphatic heterocycles. The molecule has 13 heavy (non-hydrogen) atoms.